The Morgan fingerprint density at radius 3 is 2.32 bits per heavy atom. The molecule has 2 fully saturated rings. The Kier molecular flexibility index (Phi) is 5.35. The van der Waals surface area contributed by atoms with E-state index in [1.165, 1.54) is 76.0 Å². The summed E-state index contributed by atoms with van der Waals surface area (Å²) < 4.78 is 0. The highest BCUT2D eigenvalue weighted by Crippen LogP contribution is 2.32. The van der Waals surface area contributed by atoms with Crippen molar-refractivity contribution >= 4 is 5.82 Å². The monoisotopic (exact) mass is 301 g/mol. The van der Waals surface area contributed by atoms with Gasteiger partial charge in [0.2, 0.25) is 0 Å². The van der Waals surface area contributed by atoms with Crippen LogP contribution in [0.4, 0.5) is 5.82 Å². The molecular formula is C19H31N3. The molecule has 3 heterocycles. The van der Waals surface area contributed by atoms with E-state index < -0.39 is 0 Å². The van der Waals surface area contributed by atoms with Crippen molar-refractivity contribution in [2.75, 3.05) is 24.5 Å². The van der Waals surface area contributed by atoms with Crippen molar-refractivity contribution in [3.63, 3.8) is 0 Å². The molecule has 2 aliphatic rings. The molecule has 3 nitrogen and oxygen atoms in total. The van der Waals surface area contributed by atoms with Gasteiger partial charge in [0, 0.05) is 31.4 Å². The predicted octanol–water partition coefficient (Wildman–Crippen LogP) is 4.40. The third-order valence-electron chi connectivity index (χ3n) is 5.29. The zero-order chi connectivity index (χ0) is 15.4. The minimum Gasteiger partial charge on any atom is -0.357 e. The second-order valence-electron chi connectivity index (χ2n) is 7.19. The van der Waals surface area contributed by atoms with Crippen LogP contribution in [0.2, 0.25) is 0 Å². The molecule has 1 aromatic heterocycles. The zero-order valence-electron chi connectivity index (χ0n) is 14.3. The summed E-state index contributed by atoms with van der Waals surface area (Å²) in [4.78, 5) is 9.93. The molecule has 0 N–H and O–H groups in total. The second-order valence-corrected chi connectivity index (χ2v) is 7.19. The Bertz CT molecular complexity index is 446. The van der Waals surface area contributed by atoms with Crippen molar-refractivity contribution in [1.29, 1.82) is 0 Å². The first kappa shape index (κ1) is 15.8. The fraction of sp³-hybridized carbons (Fsp3) is 0.737. The van der Waals surface area contributed by atoms with Gasteiger partial charge in [-0.15, -0.1) is 0 Å². The molecule has 1 aromatic rings. The van der Waals surface area contributed by atoms with Gasteiger partial charge in [0.25, 0.3) is 0 Å². The molecule has 0 saturated carbocycles. The third kappa shape index (κ3) is 3.62. The topological polar surface area (TPSA) is 19.4 Å². The van der Waals surface area contributed by atoms with E-state index in [0.717, 1.165) is 0 Å². The average molecular weight is 301 g/mol. The first-order valence-electron chi connectivity index (χ1n) is 9.22. The summed E-state index contributed by atoms with van der Waals surface area (Å²) in [5.74, 6) is 1.18. The average Bonchev–Trinajstić information content (AvgIpc) is 2.84. The van der Waals surface area contributed by atoms with Crippen LogP contribution in [0.3, 0.4) is 0 Å². The number of aromatic nitrogens is 1. The van der Waals surface area contributed by atoms with Gasteiger partial charge in [-0.25, -0.2) is 4.98 Å². The van der Waals surface area contributed by atoms with E-state index >= 15 is 0 Å². The highest BCUT2D eigenvalue weighted by molar-refractivity contribution is 5.40. The SMILES string of the molecule is CC(C)N1CCCC[C@H]1c1ccc(N2CCCCCC2)nc1. The van der Waals surface area contributed by atoms with Crippen LogP contribution in [0.15, 0.2) is 18.3 Å². The van der Waals surface area contributed by atoms with E-state index in [2.05, 4.69) is 42.0 Å². The van der Waals surface area contributed by atoms with Gasteiger partial charge < -0.3 is 4.90 Å². The molecule has 22 heavy (non-hydrogen) atoms. The van der Waals surface area contributed by atoms with Gasteiger partial charge >= 0.3 is 0 Å². The molecule has 0 unspecified atom stereocenters. The highest BCUT2D eigenvalue weighted by Gasteiger charge is 2.26. The van der Waals surface area contributed by atoms with Crippen LogP contribution in [0.25, 0.3) is 0 Å². The van der Waals surface area contributed by atoms with Crippen molar-refractivity contribution in [2.24, 2.45) is 0 Å². The number of pyridine rings is 1. The van der Waals surface area contributed by atoms with Gasteiger partial charge in [-0.2, -0.15) is 0 Å². The fourth-order valence-electron chi connectivity index (χ4n) is 4.01. The van der Waals surface area contributed by atoms with E-state index in [4.69, 9.17) is 4.98 Å². The van der Waals surface area contributed by atoms with Gasteiger partial charge in [0.05, 0.1) is 0 Å². The van der Waals surface area contributed by atoms with Crippen molar-refractivity contribution in [3.05, 3.63) is 23.9 Å². The van der Waals surface area contributed by atoms with E-state index in [-0.39, 0.29) is 0 Å². The zero-order valence-corrected chi connectivity index (χ0v) is 14.3. The summed E-state index contributed by atoms with van der Waals surface area (Å²) >= 11 is 0. The maximum Gasteiger partial charge on any atom is 0.128 e. The molecule has 0 bridgehead atoms. The lowest BCUT2D eigenvalue weighted by Gasteiger charge is -2.38. The van der Waals surface area contributed by atoms with Crippen LogP contribution in [-0.4, -0.2) is 35.6 Å². The molecule has 122 valence electrons. The Labute approximate surface area is 135 Å². The standard InChI is InChI=1S/C19H31N3/c1-16(2)22-14-8-5-9-18(22)17-10-11-19(20-15-17)21-12-6-3-4-7-13-21/h10-11,15-16,18H,3-9,12-14H2,1-2H3/t18-/m0/s1. The van der Waals surface area contributed by atoms with Crippen LogP contribution < -0.4 is 4.90 Å². The molecule has 3 rings (SSSR count). The largest absolute Gasteiger partial charge is 0.357 e. The summed E-state index contributed by atoms with van der Waals surface area (Å²) in [5.41, 5.74) is 1.41. The van der Waals surface area contributed by atoms with Crippen molar-refractivity contribution in [2.45, 2.75) is 70.9 Å². The predicted molar refractivity (Wildman–Crippen MR) is 93.4 cm³/mol. The molecule has 3 heteroatoms. The van der Waals surface area contributed by atoms with Crippen molar-refractivity contribution < 1.29 is 0 Å². The van der Waals surface area contributed by atoms with Gasteiger partial charge in [-0.3, -0.25) is 4.90 Å². The lowest BCUT2D eigenvalue weighted by atomic mass is 9.95. The number of likely N-dealkylation sites (tertiary alicyclic amines) is 1. The van der Waals surface area contributed by atoms with Crippen LogP contribution in [0, 0.1) is 0 Å². The minimum atomic E-state index is 0.569. The van der Waals surface area contributed by atoms with Crippen molar-refractivity contribution in [1.82, 2.24) is 9.88 Å². The quantitative estimate of drug-likeness (QED) is 0.825. The second kappa shape index (κ2) is 7.45. The molecule has 0 spiro atoms. The van der Waals surface area contributed by atoms with E-state index in [9.17, 15) is 0 Å². The summed E-state index contributed by atoms with van der Waals surface area (Å²) in [6, 6.07) is 5.78. The smallest absolute Gasteiger partial charge is 0.128 e. The number of nitrogens with zero attached hydrogens (tertiary/aromatic N) is 3. The molecule has 2 saturated heterocycles. The van der Waals surface area contributed by atoms with Crippen molar-refractivity contribution in [3.8, 4) is 0 Å². The normalized spacial score (nSPS) is 24.5. The Balaban J connectivity index is 1.72. The maximum absolute atomic E-state index is 4.81. The Morgan fingerprint density at radius 2 is 1.68 bits per heavy atom. The molecule has 2 aliphatic heterocycles. The lowest BCUT2D eigenvalue weighted by molar-refractivity contribution is 0.112. The van der Waals surface area contributed by atoms with Gasteiger partial charge in [-0.1, -0.05) is 25.3 Å². The number of piperidine rings is 1. The summed E-state index contributed by atoms with van der Waals surface area (Å²) in [6.45, 7) is 8.21. The first-order valence-corrected chi connectivity index (χ1v) is 9.22. The number of hydrogen-bond acceptors (Lipinski definition) is 3. The maximum atomic E-state index is 4.81. The Hall–Kier alpha value is -1.09. The molecule has 0 aliphatic carbocycles. The minimum absolute atomic E-state index is 0.569. The molecule has 1 atom stereocenters. The molecule has 0 aromatic carbocycles. The van der Waals surface area contributed by atoms with E-state index in [1.807, 2.05) is 0 Å². The van der Waals surface area contributed by atoms with E-state index in [1.54, 1.807) is 0 Å². The van der Waals surface area contributed by atoms with Crippen LogP contribution in [-0.2, 0) is 0 Å². The molecular weight excluding hydrogens is 270 g/mol. The summed E-state index contributed by atoms with van der Waals surface area (Å²) in [6.07, 6.45) is 11.5. The number of hydrogen-bond donors (Lipinski definition) is 0. The molecule has 0 radical (unpaired) electrons. The summed E-state index contributed by atoms with van der Waals surface area (Å²) in [7, 11) is 0. The van der Waals surface area contributed by atoms with E-state index in [0.29, 0.717) is 12.1 Å². The van der Waals surface area contributed by atoms with Crippen LogP contribution in [0.1, 0.15) is 70.4 Å². The van der Waals surface area contributed by atoms with Gasteiger partial charge in [0.15, 0.2) is 0 Å². The number of anilines is 1. The van der Waals surface area contributed by atoms with Gasteiger partial charge in [-0.05, 0) is 57.7 Å². The fourth-order valence-corrected chi connectivity index (χ4v) is 4.01. The highest BCUT2D eigenvalue weighted by atomic mass is 15.2. The van der Waals surface area contributed by atoms with Gasteiger partial charge in [0.1, 0.15) is 5.82 Å². The first-order chi connectivity index (χ1) is 10.8. The third-order valence-corrected chi connectivity index (χ3v) is 5.29. The van der Waals surface area contributed by atoms with Crippen LogP contribution in [0.5, 0.6) is 0 Å². The lowest BCUT2D eigenvalue weighted by Crippen LogP contribution is -2.38. The number of rotatable bonds is 3. The van der Waals surface area contributed by atoms with Crippen LogP contribution >= 0.6 is 0 Å². The Morgan fingerprint density at radius 1 is 0.955 bits per heavy atom. The molecule has 0 amide bonds. The summed E-state index contributed by atoms with van der Waals surface area (Å²) in [5, 5.41) is 0.